The van der Waals surface area contributed by atoms with Crippen LogP contribution in [-0.4, -0.2) is 23.0 Å². The van der Waals surface area contributed by atoms with Gasteiger partial charge in [-0.1, -0.05) is 18.2 Å². The third-order valence-corrected chi connectivity index (χ3v) is 2.87. The number of aliphatic carboxylic acids is 1. The Morgan fingerprint density at radius 1 is 1.33 bits per heavy atom. The summed E-state index contributed by atoms with van der Waals surface area (Å²) in [5.41, 5.74) is 6.59. The first-order chi connectivity index (χ1) is 8.56. The van der Waals surface area contributed by atoms with Crippen molar-refractivity contribution in [1.29, 1.82) is 0 Å². The van der Waals surface area contributed by atoms with Crippen LogP contribution in [-0.2, 0) is 4.79 Å². The standard InChI is InChI=1S/C13H14N2O3/c14-10-3-1-2-8(6-10)12(16)15-11-5-4-9(7-11)13(17)18/h1-6,9,11H,7,14H2,(H,15,16)(H,17,18). The zero-order valence-corrected chi connectivity index (χ0v) is 9.67. The summed E-state index contributed by atoms with van der Waals surface area (Å²) in [7, 11) is 0. The molecule has 94 valence electrons. The van der Waals surface area contributed by atoms with Crippen LogP contribution in [0.1, 0.15) is 16.8 Å². The van der Waals surface area contributed by atoms with E-state index in [-0.39, 0.29) is 11.9 Å². The van der Waals surface area contributed by atoms with Crippen molar-refractivity contribution < 1.29 is 14.7 Å². The third-order valence-electron chi connectivity index (χ3n) is 2.87. The topological polar surface area (TPSA) is 92.4 Å². The summed E-state index contributed by atoms with van der Waals surface area (Å²) in [5.74, 6) is -1.63. The fourth-order valence-corrected chi connectivity index (χ4v) is 1.92. The second-order valence-electron chi connectivity index (χ2n) is 4.27. The summed E-state index contributed by atoms with van der Waals surface area (Å²) < 4.78 is 0. The molecule has 5 nitrogen and oxygen atoms in total. The number of anilines is 1. The van der Waals surface area contributed by atoms with E-state index in [0.717, 1.165) is 0 Å². The van der Waals surface area contributed by atoms with Crippen LogP contribution in [0.15, 0.2) is 36.4 Å². The molecule has 1 aromatic rings. The fraction of sp³-hybridized carbons (Fsp3) is 0.231. The predicted octanol–water partition coefficient (Wildman–Crippen LogP) is 1.03. The van der Waals surface area contributed by atoms with Gasteiger partial charge in [0, 0.05) is 17.3 Å². The Labute approximate surface area is 104 Å². The molecule has 5 heteroatoms. The van der Waals surface area contributed by atoms with Crippen LogP contribution in [0.2, 0.25) is 0 Å². The molecule has 0 aromatic heterocycles. The summed E-state index contributed by atoms with van der Waals surface area (Å²) in [4.78, 5) is 22.6. The first-order valence-corrected chi connectivity index (χ1v) is 5.64. The Balaban J connectivity index is 1.97. The molecule has 0 saturated heterocycles. The highest BCUT2D eigenvalue weighted by Crippen LogP contribution is 2.18. The lowest BCUT2D eigenvalue weighted by molar-refractivity contribution is -0.140. The lowest BCUT2D eigenvalue weighted by Crippen LogP contribution is -2.33. The lowest BCUT2D eigenvalue weighted by Gasteiger charge is -2.12. The number of hydrogen-bond acceptors (Lipinski definition) is 3. The summed E-state index contributed by atoms with van der Waals surface area (Å²) in [6.07, 6.45) is 3.71. The van der Waals surface area contributed by atoms with Crippen molar-refractivity contribution in [2.45, 2.75) is 12.5 Å². The molecule has 0 saturated carbocycles. The molecule has 0 heterocycles. The van der Waals surface area contributed by atoms with Crippen molar-refractivity contribution in [1.82, 2.24) is 5.32 Å². The summed E-state index contributed by atoms with van der Waals surface area (Å²) in [6.45, 7) is 0. The highest BCUT2D eigenvalue weighted by Gasteiger charge is 2.25. The molecule has 2 rings (SSSR count). The first-order valence-electron chi connectivity index (χ1n) is 5.64. The Hall–Kier alpha value is -2.30. The number of carbonyl (C=O) groups is 2. The number of amides is 1. The normalized spacial score (nSPS) is 21.8. The Morgan fingerprint density at radius 2 is 2.11 bits per heavy atom. The van der Waals surface area contributed by atoms with Gasteiger partial charge in [0.05, 0.1) is 5.92 Å². The van der Waals surface area contributed by atoms with Gasteiger partial charge in [-0.3, -0.25) is 9.59 Å². The van der Waals surface area contributed by atoms with E-state index in [4.69, 9.17) is 10.8 Å². The highest BCUT2D eigenvalue weighted by atomic mass is 16.4. The van der Waals surface area contributed by atoms with Gasteiger partial charge in [0.2, 0.25) is 0 Å². The largest absolute Gasteiger partial charge is 0.481 e. The molecule has 0 spiro atoms. The van der Waals surface area contributed by atoms with Crippen molar-refractivity contribution in [2.75, 3.05) is 5.73 Å². The lowest BCUT2D eigenvalue weighted by atomic mass is 10.1. The fourth-order valence-electron chi connectivity index (χ4n) is 1.92. The minimum atomic E-state index is -0.869. The van der Waals surface area contributed by atoms with Crippen LogP contribution >= 0.6 is 0 Å². The van der Waals surface area contributed by atoms with Crippen LogP contribution in [0.4, 0.5) is 5.69 Å². The van der Waals surface area contributed by atoms with Gasteiger partial charge >= 0.3 is 5.97 Å². The Bertz CT molecular complexity index is 511. The summed E-state index contributed by atoms with van der Waals surface area (Å²) >= 11 is 0. The zero-order valence-electron chi connectivity index (χ0n) is 9.67. The number of nitrogens with two attached hydrogens (primary N) is 1. The van der Waals surface area contributed by atoms with Gasteiger partial charge in [-0.25, -0.2) is 0 Å². The molecule has 18 heavy (non-hydrogen) atoms. The highest BCUT2D eigenvalue weighted by molar-refractivity contribution is 5.95. The SMILES string of the molecule is Nc1cccc(C(=O)NC2C=CC(C(=O)O)C2)c1. The molecular formula is C13H14N2O3. The van der Waals surface area contributed by atoms with Crippen molar-refractivity contribution >= 4 is 17.6 Å². The molecule has 2 unspecified atom stereocenters. The molecule has 2 atom stereocenters. The molecule has 0 bridgehead atoms. The average molecular weight is 246 g/mol. The summed E-state index contributed by atoms with van der Waals surface area (Å²) in [6, 6.07) is 6.42. The monoisotopic (exact) mass is 246 g/mol. The number of nitrogens with one attached hydrogen (secondary N) is 1. The van der Waals surface area contributed by atoms with Crippen LogP contribution in [0.3, 0.4) is 0 Å². The van der Waals surface area contributed by atoms with E-state index in [1.165, 1.54) is 0 Å². The number of carbonyl (C=O) groups excluding carboxylic acids is 1. The van der Waals surface area contributed by atoms with Gasteiger partial charge in [0.25, 0.3) is 5.91 Å². The smallest absolute Gasteiger partial charge is 0.310 e. The van der Waals surface area contributed by atoms with E-state index in [9.17, 15) is 9.59 Å². The van der Waals surface area contributed by atoms with Crippen molar-refractivity contribution in [3.05, 3.63) is 42.0 Å². The number of rotatable bonds is 3. The first kappa shape index (κ1) is 12.2. The van der Waals surface area contributed by atoms with Gasteiger partial charge in [-0.15, -0.1) is 0 Å². The predicted molar refractivity (Wildman–Crippen MR) is 67.0 cm³/mol. The Morgan fingerprint density at radius 3 is 2.72 bits per heavy atom. The van der Waals surface area contributed by atoms with Gasteiger partial charge in [0.15, 0.2) is 0 Å². The van der Waals surface area contributed by atoms with E-state index in [1.54, 1.807) is 36.4 Å². The molecular weight excluding hydrogens is 232 g/mol. The van der Waals surface area contributed by atoms with Gasteiger partial charge in [-0.05, 0) is 24.6 Å². The van der Waals surface area contributed by atoms with Crippen LogP contribution < -0.4 is 11.1 Å². The maximum absolute atomic E-state index is 11.9. The number of carboxylic acid groups (broad SMARTS) is 1. The molecule has 0 fully saturated rings. The van der Waals surface area contributed by atoms with E-state index in [0.29, 0.717) is 17.7 Å². The molecule has 1 aromatic carbocycles. The van der Waals surface area contributed by atoms with Crippen molar-refractivity contribution in [2.24, 2.45) is 5.92 Å². The van der Waals surface area contributed by atoms with Crippen LogP contribution in [0.5, 0.6) is 0 Å². The van der Waals surface area contributed by atoms with Crippen molar-refractivity contribution in [3.63, 3.8) is 0 Å². The van der Waals surface area contributed by atoms with E-state index >= 15 is 0 Å². The van der Waals surface area contributed by atoms with Gasteiger partial charge < -0.3 is 16.2 Å². The number of nitrogen functional groups attached to an aromatic ring is 1. The number of benzene rings is 1. The van der Waals surface area contributed by atoms with E-state index in [2.05, 4.69) is 5.32 Å². The average Bonchev–Trinajstić information content (AvgIpc) is 2.77. The van der Waals surface area contributed by atoms with E-state index < -0.39 is 11.9 Å². The molecule has 0 radical (unpaired) electrons. The number of hydrogen-bond donors (Lipinski definition) is 3. The van der Waals surface area contributed by atoms with E-state index in [1.807, 2.05) is 0 Å². The maximum atomic E-state index is 11.9. The quantitative estimate of drug-likeness (QED) is 0.548. The summed E-state index contributed by atoms with van der Waals surface area (Å²) in [5, 5.41) is 11.6. The second kappa shape index (κ2) is 4.91. The minimum Gasteiger partial charge on any atom is -0.481 e. The van der Waals surface area contributed by atoms with Crippen molar-refractivity contribution in [3.8, 4) is 0 Å². The van der Waals surface area contributed by atoms with Gasteiger partial charge in [-0.2, -0.15) is 0 Å². The molecule has 1 amide bonds. The second-order valence-corrected chi connectivity index (χ2v) is 4.27. The van der Waals surface area contributed by atoms with Crippen LogP contribution in [0, 0.1) is 5.92 Å². The number of carboxylic acids is 1. The van der Waals surface area contributed by atoms with Gasteiger partial charge in [0.1, 0.15) is 0 Å². The molecule has 1 aliphatic carbocycles. The molecule has 4 N–H and O–H groups in total. The zero-order chi connectivity index (χ0) is 13.1. The van der Waals surface area contributed by atoms with Crippen LogP contribution in [0.25, 0.3) is 0 Å². The maximum Gasteiger partial charge on any atom is 0.310 e. The molecule has 1 aliphatic rings. The molecule has 0 aliphatic heterocycles. The minimum absolute atomic E-state index is 0.236. The third kappa shape index (κ3) is 2.68. The Kier molecular flexibility index (Phi) is 3.32.